The van der Waals surface area contributed by atoms with E-state index < -0.39 is 6.09 Å². The van der Waals surface area contributed by atoms with Gasteiger partial charge in [-0.05, 0) is 44.2 Å². The number of anilines is 1. The summed E-state index contributed by atoms with van der Waals surface area (Å²) in [5.74, 6) is 1.35. The zero-order valence-corrected chi connectivity index (χ0v) is 15.6. The van der Waals surface area contributed by atoms with Gasteiger partial charge in [-0.3, -0.25) is 4.79 Å². The Morgan fingerprint density at radius 3 is 2.68 bits per heavy atom. The molecule has 1 aliphatic heterocycles. The molecule has 1 aromatic heterocycles. The Hall–Kier alpha value is -2.02. The predicted octanol–water partition coefficient (Wildman–Crippen LogP) is 1.89. The number of nitrogens with one attached hydrogen (secondary N) is 2. The highest BCUT2D eigenvalue weighted by molar-refractivity contribution is 5.85. The number of alkyl carbamates (subject to hydrolysis) is 1. The van der Waals surface area contributed by atoms with E-state index in [4.69, 9.17) is 4.74 Å². The number of rotatable bonds is 6. The van der Waals surface area contributed by atoms with Crippen molar-refractivity contribution >= 4 is 30.2 Å². The molecule has 0 saturated carbocycles. The van der Waals surface area contributed by atoms with Crippen LogP contribution >= 0.6 is 12.4 Å². The summed E-state index contributed by atoms with van der Waals surface area (Å²) < 4.78 is 5.11. The lowest BCUT2D eigenvalue weighted by atomic mass is 9.94. The van der Waals surface area contributed by atoms with E-state index in [2.05, 4.69) is 20.5 Å². The van der Waals surface area contributed by atoms with E-state index in [-0.39, 0.29) is 24.9 Å². The third-order valence-corrected chi connectivity index (χ3v) is 4.24. The highest BCUT2D eigenvalue weighted by Crippen LogP contribution is 2.24. The molecule has 1 saturated heterocycles. The highest BCUT2D eigenvalue weighted by Gasteiger charge is 2.20. The molecule has 140 valence electrons. The number of carbonyl (C=O) groups excluding carboxylic acids is 2. The fourth-order valence-electron chi connectivity index (χ4n) is 2.77. The van der Waals surface area contributed by atoms with Crippen molar-refractivity contribution < 1.29 is 14.3 Å². The Balaban J connectivity index is 0.00000312. The molecular formula is C17H27ClN4O3. The lowest BCUT2D eigenvalue weighted by Crippen LogP contribution is -2.36. The van der Waals surface area contributed by atoms with Gasteiger partial charge in [0.25, 0.3) is 0 Å². The predicted molar refractivity (Wildman–Crippen MR) is 99.2 cm³/mol. The van der Waals surface area contributed by atoms with Crippen molar-refractivity contribution in [2.75, 3.05) is 38.2 Å². The number of ether oxygens (including phenoxy) is 1. The third-order valence-electron chi connectivity index (χ3n) is 4.24. The van der Waals surface area contributed by atoms with Crippen LogP contribution in [0.15, 0.2) is 18.2 Å². The van der Waals surface area contributed by atoms with Crippen LogP contribution in [0.5, 0.6) is 0 Å². The molecule has 1 fully saturated rings. The maximum Gasteiger partial charge on any atom is 0.407 e. The molecule has 25 heavy (non-hydrogen) atoms. The van der Waals surface area contributed by atoms with E-state index in [0.717, 1.165) is 43.9 Å². The Kier molecular flexibility index (Phi) is 9.05. The van der Waals surface area contributed by atoms with E-state index in [0.29, 0.717) is 12.5 Å². The Bertz CT molecular complexity index is 563. The molecule has 0 radical (unpaired) electrons. The topological polar surface area (TPSA) is 83.6 Å². The maximum absolute atomic E-state index is 11.4. The summed E-state index contributed by atoms with van der Waals surface area (Å²) >= 11 is 0. The van der Waals surface area contributed by atoms with Crippen LogP contribution in [0.25, 0.3) is 0 Å². The summed E-state index contributed by atoms with van der Waals surface area (Å²) in [6, 6.07) is 6.09. The number of halogens is 1. The van der Waals surface area contributed by atoms with Gasteiger partial charge in [0.15, 0.2) is 0 Å². The summed E-state index contributed by atoms with van der Waals surface area (Å²) in [5, 5.41) is 4.85. The van der Waals surface area contributed by atoms with Crippen LogP contribution < -0.4 is 15.5 Å². The number of carbonyl (C=O) groups is 2. The number of nitrogens with zero attached hydrogens (tertiary/aromatic N) is 2. The van der Waals surface area contributed by atoms with Crippen molar-refractivity contribution in [3.8, 4) is 0 Å². The molecule has 1 aromatic rings. The number of piperidine rings is 1. The van der Waals surface area contributed by atoms with Gasteiger partial charge >= 0.3 is 6.09 Å². The van der Waals surface area contributed by atoms with Crippen molar-refractivity contribution in [3.63, 3.8) is 0 Å². The second-order valence-corrected chi connectivity index (χ2v) is 6.02. The van der Waals surface area contributed by atoms with Crippen LogP contribution in [0.4, 0.5) is 10.6 Å². The fourth-order valence-corrected chi connectivity index (χ4v) is 2.77. The van der Waals surface area contributed by atoms with Crippen LogP contribution in [0, 0.1) is 12.8 Å². The highest BCUT2D eigenvalue weighted by atomic mass is 35.5. The lowest BCUT2D eigenvalue weighted by Gasteiger charge is -2.32. The quantitative estimate of drug-likeness (QED) is 0.799. The van der Waals surface area contributed by atoms with Gasteiger partial charge in [-0.15, -0.1) is 12.4 Å². The molecule has 8 heteroatoms. The molecule has 0 bridgehead atoms. The molecular weight excluding hydrogens is 344 g/mol. The van der Waals surface area contributed by atoms with Gasteiger partial charge in [0.1, 0.15) is 5.82 Å². The SMILES string of the molecule is CNC(=O)CNC(=O)OCCC1CCN(c2cccc(C)n2)CC1.Cl. The van der Waals surface area contributed by atoms with Crippen LogP contribution in [0.3, 0.4) is 0 Å². The van der Waals surface area contributed by atoms with Crippen molar-refractivity contribution in [2.45, 2.75) is 26.2 Å². The number of hydrogen-bond acceptors (Lipinski definition) is 5. The number of amides is 2. The van der Waals surface area contributed by atoms with Crippen LogP contribution in [0.2, 0.25) is 0 Å². The van der Waals surface area contributed by atoms with E-state index in [1.54, 1.807) is 0 Å². The first-order chi connectivity index (χ1) is 11.6. The molecule has 2 amide bonds. The summed E-state index contributed by atoms with van der Waals surface area (Å²) in [7, 11) is 1.52. The molecule has 1 aliphatic rings. The number of aryl methyl sites for hydroxylation is 1. The average Bonchev–Trinajstić information content (AvgIpc) is 2.60. The smallest absolute Gasteiger partial charge is 0.407 e. The van der Waals surface area contributed by atoms with Crippen molar-refractivity contribution in [3.05, 3.63) is 23.9 Å². The molecule has 2 rings (SSSR count). The second kappa shape index (κ2) is 10.8. The van der Waals surface area contributed by atoms with Gasteiger partial charge in [-0.25, -0.2) is 9.78 Å². The summed E-state index contributed by atoms with van der Waals surface area (Å²) in [4.78, 5) is 29.3. The second-order valence-electron chi connectivity index (χ2n) is 6.02. The molecule has 2 N–H and O–H groups in total. The zero-order valence-electron chi connectivity index (χ0n) is 14.8. The molecule has 0 atom stereocenters. The molecule has 0 spiro atoms. The van der Waals surface area contributed by atoms with Gasteiger partial charge in [0.05, 0.1) is 13.2 Å². The number of hydrogen-bond donors (Lipinski definition) is 2. The van der Waals surface area contributed by atoms with Gasteiger partial charge in [0, 0.05) is 25.8 Å². The minimum Gasteiger partial charge on any atom is -0.450 e. The standard InChI is InChI=1S/C17H26N4O3.ClH/c1-13-4-3-5-15(20-13)21-9-6-14(7-10-21)8-11-24-17(23)19-12-16(22)18-2;/h3-5,14H,6-12H2,1-2H3,(H,18,22)(H,19,23);1H. The minimum atomic E-state index is -0.542. The first-order valence-corrected chi connectivity index (χ1v) is 8.38. The largest absolute Gasteiger partial charge is 0.450 e. The van der Waals surface area contributed by atoms with Crippen LogP contribution in [-0.4, -0.2) is 50.3 Å². The first-order valence-electron chi connectivity index (χ1n) is 8.38. The van der Waals surface area contributed by atoms with Crippen LogP contribution in [0.1, 0.15) is 25.0 Å². The lowest BCUT2D eigenvalue weighted by molar-refractivity contribution is -0.119. The summed E-state index contributed by atoms with van der Waals surface area (Å²) in [6.07, 6.45) is 2.44. The zero-order chi connectivity index (χ0) is 17.4. The van der Waals surface area contributed by atoms with Crippen molar-refractivity contribution in [1.29, 1.82) is 0 Å². The Morgan fingerprint density at radius 1 is 1.32 bits per heavy atom. The molecule has 0 aliphatic carbocycles. The van der Waals surface area contributed by atoms with Crippen molar-refractivity contribution in [1.82, 2.24) is 15.6 Å². The van der Waals surface area contributed by atoms with E-state index in [1.165, 1.54) is 7.05 Å². The van der Waals surface area contributed by atoms with Gasteiger partial charge in [-0.1, -0.05) is 6.07 Å². The maximum atomic E-state index is 11.4. The fraction of sp³-hybridized carbons (Fsp3) is 0.588. The Labute approximate surface area is 154 Å². The van der Waals surface area contributed by atoms with Gasteiger partial charge < -0.3 is 20.3 Å². The van der Waals surface area contributed by atoms with Crippen molar-refractivity contribution in [2.24, 2.45) is 5.92 Å². The minimum absolute atomic E-state index is 0. The molecule has 0 unspecified atom stereocenters. The number of aromatic nitrogens is 1. The van der Waals surface area contributed by atoms with E-state index in [1.807, 2.05) is 25.1 Å². The van der Waals surface area contributed by atoms with Crippen LogP contribution in [-0.2, 0) is 9.53 Å². The number of pyridine rings is 1. The van der Waals surface area contributed by atoms with Gasteiger partial charge in [-0.2, -0.15) is 0 Å². The molecule has 2 heterocycles. The Morgan fingerprint density at radius 2 is 2.04 bits per heavy atom. The van der Waals surface area contributed by atoms with E-state index in [9.17, 15) is 9.59 Å². The third kappa shape index (κ3) is 7.17. The van der Waals surface area contributed by atoms with Gasteiger partial charge in [0.2, 0.25) is 5.91 Å². The normalized spacial score (nSPS) is 14.4. The van der Waals surface area contributed by atoms with E-state index >= 15 is 0 Å². The molecule has 0 aromatic carbocycles. The molecule has 7 nitrogen and oxygen atoms in total. The number of likely N-dealkylation sites (N-methyl/N-ethyl adjacent to an activating group) is 1. The monoisotopic (exact) mass is 370 g/mol. The summed E-state index contributed by atoms with van der Waals surface area (Å²) in [6.45, 7) is 4.28. The first kappa shape index (κ1) is 21.0. The summed E-state index contributed by atoms with van der Waals surface area (Å²) in [5.41, 5.74) is 1.03. The average molecular weight is 371 g/mol.